The molecule has 0 radical (unpaired) electrons. The van der Waals surface area contributed by atoms with Crippen molar-refractivity contribution in [2.45, 2.75) is 66.3 Å². The van der Waals surface area contributed by atoms with Crippen molar-refractivity contribution in [3.8, 4) is 0 Å². The number of carbonyl (C=O) groups excluding carboxylic acids is 1. The molecule has 242 valence electrons. The number of ketones is 1. The lowest BCUT2D eigenvalue weighted by Crippen LogP contribution is -2.66. The molecule has 0 atom stereocenters. The fourth-order valence-electron chi connectivity index (χ4n) is 6.85. The predicted molar refractivity (Wildman–Crippen MR) is 193 cm³/mol. The van der Waals surface area contributed by atoms with Crippen LogP contribution < -0.4 is 15.3 Å². The molecular formula is C40H49NO4Si. The zero-order valence-corrected chi connectivity index (χ0v) is 29.6. The number of Topliss-reactive ketones (excluding diaryl/α,β-unsaturated/α-hetero) is 1. The third-order valence-electron chi connectivity index (χ3n) is 9.02. The summed E-state index contributed by atoms with van der Waals surface area (Å²) >= 11 is 0. The number of carbonyl (C=O) groups is 1. The minimum atomic E-state index is -2.70. The quantitative estimate of drug-likeness (QED) is 0.115. The van der Waals surface area contributed by atoms with E-state index in [0.717, 1.165) is 47.5 Å². The van der Waals surface area contributed by atoms with Gasteiger partial charge in [-0.2, -0.15) is 0 Å². The highest BCUT2D eigenvalue weighted by atomic mass is 28.4. The highest BCUT2D eigenvalue weighted by Crippen LogP contribution is 2.39. The Morgan fingerprint density at radius 2 is 1.48 bits per heavy atom. The number of fused-ring (bicyclic) bond motifs is 1. The molecule has 3 aromatic carbocycles. The molecule has 0 spiro atoms. The van der Waals surface area contributed by atoms with Gasteiger partial charge in [-0.3, -0.25) is 4.79 Å². The van der Waals surface area contributed by atoms with E-state index in [0.29, 0.717) is 25.4 Å². The van der Waals surface area contributed by atoms with Crippen molar-refractivity contribution >= 4 is 47.2 Å². The number of rotatable bonds is 12. The monoisotopic (exact) mass is 635 g/mol. The summed E-state index contributed by atoms with van der Waals surface area (Å²) in [6.45, 7) is 17.9. The van der Waals surface area contributed by atoms with E-state index in [1.54, 1.807) is 0 Å². The second-order valence-corrected chi connectivity index (χ2v) is 18.3. The molecule has 0 bridgehead atoms. The van der Waals surface area contributed by atoms with E-state index >= 15 is 0 Å². The maximum absolute atomic E-state index is 13.4. The number of anilines is 1. The van der Waals surface area contributed by atoms with Crippen molar-refractivity contribution in [2.75, 3.05) is 31.2 Å². The van der Waals surface area contributed by atoms with Gasteiger partial charge in [0, 0.05) is 36.7 Å². The Bertz CT molecular complexity index is 1650. The molecule has 1 heterocycles. The molecular weight excluding hydrogens is 587 g/mol. The first-order valence-corrected chi connectivity index (χ1v) is 18.5. The maximum Gasteiger partial charge on any atom is 0.261 e. The van der Waals surface area contributed by atoms with Gasteiger partial charge in [-0.25, -0.2) is 0 Å². The van der Waals surface area contributed by atoms with Crippen LogP contribution in [0.4, 0.5) is 5.69 Å². The molecule has 0 fully saturated rings. The zero-order chi connectivity index (χ0) is 33.0. The van der Waals surface area contributed by atoms with Crippen molar-refractivity contribution < 1.29 is 18.4 Å². The fourth-order valence-corrected chi connectivity index (χ4v) is 11.4. The smallest absolute Gasteiger partial charge is 0.261 e. The van der Waals surface area contributed by atoms with Crippen molar-refractivity contribution in [3.05, 3.63) is 108 Å². The molecule has 1 aromatic heterocycles. The number of benzene rings is 3. The lowest BCUT2D eigenvalue weighted by atomic mass is 9.76. The van der Waals surface area contributed by atoms with E-state index in [1.807, 2.05) is 30.4 Å². The standard InChI is InChI=1S/C40H49NO4Si/c1-8-41(9-2)32-22-20-30-26-33(45-37(30)27-32)23-21-31-28-40(6,7)29-36(42)38(31)43-24-25-44-46(39(3,4)5,34-16-12-10-13-17-34)35-18-14-11-15-19-35/h10-23,26-27H,8-9,24-25,28-29H2,1-7H3/b23-21+. The van der Waals surface area contributed by atoms with Gasteiger partial charge in [0.25, 0.3) is 8.32 Å². The normalized spacial score (nSPS) is 15.6. The van der Waals surface area contributed by atoms with E-state index in [-0.39, 0.29) is 16.2 Å². The number of nitrogens with zero attached hydrogens (tertiary/aromatic N) is 1. The van der Waals surface area contributed by atoms with Crippen LogP contribution in [0.2, 0.25) is 5.04 Å². The highest BCUT2D eigenvalue weighted by molar-refractivity contribution is 6.99. The summed E-state index contributed by atoms with van der Waals surface area (Å²) in [6, 6.07) is 29.6. The second kappa shape index (κ2) is 13.9. The van der Waals surface area contributed by atoms with Crippen LogP contribution in [-0.2, 0) is 14.0 Å². The molecule has 46 heavy (non-hydrogen) atoms. The largest absolute Gasteiger partial charge is 0.487 e. The number of hydrogen-bond donors (Lipinski definition) is 0. The summed E-state index contributed by atoms with van der Waals surface area (Å²) in [6.07, 6.45) is 5.16. The van der Waals surface area contributed by atoms with Crippen molar-refractivity contribution in [1.29, 1.82) is 0 Å². The first kappa shape index (κ1) is 33.5. The summed E-state index contributed by atoms with van der Waals surface area (Å²) in [7, 11) is -2.70. The molecule has 0 saturated heterocycles. The summed E-state index contributed by atoms with van der Waals surface area (Å²) in [4.78, 5) is 15.8. The van der Waals surface area contributed by atoms with E-state index < -0.39 is 8.32 Å². The lowest BCUT2D eigenvalue weighted by molar-refractivity contribution is -0.121. The average Bonchev–Trinajstić information content (AvgIpc) is 3.44. The predicted octanol–water partition coefficient (Wildman–Crippen LogP) is 8.53. The van der Waals surface area contributed by atoms with Crippen LogP contribution in [0.15, 0.2) is 107 Å². The van der Waals surface area contributed by atoms with Gasteiger partial charge in [0.05, 0.1) is 6.61 Å². The Morgan fingerprint density at radius 3 is 2.07 bits per heavy atom. The zero-order valence-electron chi connectivity index (χ0n) is 28.6. The summed E-state index contributed by atoms with van der Waals surface area (Å²) in [5, 5.41) is 3.37. The van der Waals surface area contributed by atoms with Gasteiger partial charge in [0.1, 0.15) is 18.0 Å². The van der Waals surface area contributed by atoms with Crippen LogP contribution in [0.3, 0.4) is 0 Å². The Morgan fingerprint density at radius 1 is 0.848 bits per heavy atom. The first-order valence-electron chi connectivity index (χ1n) is 16.6. The molecule has 0 aliphatic heterocycles. The van der Waals surface area contributed by atoms with Gasteiger partial charge < -0.3 is 18.5 Å². The van der Waals surface area contributed by atoms with Gasteiger partial charge >= 0.3 is 0 Å². The van der Waals surface area contributed by atoms with Crippen LogP contribution in [-0.4, -0.2) is 40.4 Å². The number of ether oxygens (including phenoxy) is 1. The summed E-state index contributed by atoms with van der Waals surface area (Å²) in [5.74, 6) is 1.24. The van der Waals surface area contributed by atoms with E-state index in [4.69, 9.17) is 13.6 Å². The minimum absolute atomic E-state index is 0.0369. The van der Waals surface area contributed by atoms with Crippen molar-refractivity contribution in [3.63, 3.8) is 0 Å². The molecule has 5 nitrogen and oxygen atoms in total. The van der Waals surface area contributed by atoms with E-state index in [2.05, 4.69) is 120 Å². The molecule has 1 aliphatic rings. The van der Waals surface area contributed by atoms with Gasteiger partial charge in [0.2, 0.25) is 0 Å². The van der Waals surface area contributed by atoms with Crippen molar-refractivity contribution in [1.82, 2.24) is 0 Å². The van der Waals surface area contributed by atoms with Crippen molar-refractivity contribution in [2.24, 2.45) is 5.41 Å². The molecule has 5 rings (SSSR count). The Balaban J connectivity index is 1.39. The van der Waals surface area contributed by atoms with Gasteiger partial charge in [0.15, 0.2) is 11.5 Å². The van der Waals surface area contributed by atoms with Crippen LogP contribution in [0, 0.1) is 5.41 Å². The topological polar surface area (TPSA) is 51.9 Å². The average molecular weight is 636 g/mol. The van der Waals surface area contributed by atoms with Crippen LogP contribution in [0.25, 0.3) is 17.0 Å². The van der Waals surface area contributed by atoms with Crippen LogP contribution >= 0.6 is 0 Å². The third kappa shape index (κ3) is 7.08. The molecule has 0 N–H and O–H groups in total. The second-order valence-electron chi connectivity index (χ2n) is 14.0. The lowest BCUT2D eigenvalue weighted by Gasteiger charge is -2.43. The number of furan rings is 1. The number of hydrogen-bond acceptors (Lipinski definition) is 5. The molecule has 4 aromatic rings. The summed E-state index contributed by atoms with van der Waals surface area (Å²) < 4.78 is 19.6. The molecule has 0 unspecified atom stereocenters. The maximum atomic E-state index is 13.4. The Labute approximate surface area is 276 Å². The van der Waals surface area contributed by atoms with Crippen LogP contribution in [0.1, 0.15) is 67.1 Å². The summed E-state index contributed by atoms with van der Waals surface area (Å²) in [5.41, 5.74) is 2.76. The van der Waals surface area contributed by atoms with Gasteiger partial charge in [-0.15, -0.1) is 0 Å². The third-order valence-corrected chi connectivity index (χ3v) is 14.1. The molecule has 1 aliphatic carbocycles. The molecule has 0 amide bonds. The fraction of sp³-hybridized carbons (Fsp3) is 0.375. The van der Waals surface area contributed by atoms with E-state index in [9.17, 15) is 4.79 Å². The molecule has 0 saturated carbocycles. The van der Waals surface area contributed by atoms with E-state index in [1.165, 1.54) is 10.4 Å². The van der Waals surface area contributed by atoms with Gasteiger partial charge in [-0.05, 0) is 70.9 Å². The highest BCUT2D eigenvalue weighted by Gasteiger charge is 2.50. The van der Waals surface area contributed by atoms with Gasteiger partial charge in [-0.1, -0.05) is 101 Å². The minimum Gasteiger partial charge on any atom is -0.487 e. The first-order chi connectivity index (χ1) is 22.0. The SMILES string of the molecule is CCN(CC)c1ccc2cc(/C=C/C3=C(OCCO[Si](c4ccccc4)(c4ccccc4)C(C)(C)C)C(=O)CC(C)(C)C3)oc2c1. The number of allylic oxidation sites excluding steroid dienone is 3. The Kier molecular flexibility index (Phi) is 10.1. The Hall–Kier alpha value is -3.87. The molecule has 6 heteroatoms. The van der Waals surface area contributed by atoms with Crippen LogP contribution in [0.5, 0.6) is 0 Å².